The summed E-state index contributed by atoms with van der Waals surface area (Å²) < 4.78 is 0. The van der Waals surface area contributed by atoms with Crippen LogP contribution in [0.25, 0.3) is 0 Å². The predicted molar refractivity (Wildman–Crippen MR) is 71.7 cm³/mol. The van der Waals surface area contributed by atoms with E-state index < -0.39 is 0 Å². The highest BCUT2D eigenvalue weighted by atomic mass is 14.9. The van der Waals surface area contributed by atoms with Crippen LogP contribution in [0.2, 0.25) is 0 Å². The van der Waals surface area contributed by atoms with Gasteiger partial charge in [-0.3, -0.25) is 0 Å². The largest absolute Gasteiger partial charge is 0.314 e. The van der Waals surface area contributed by atoms with Gasteiger partial charge in [0.2, 0.25) is 0 Å². The molecule has 1 aromatic carbocycles. The fourth-order valence-corrected chi connectivity index (χ4v) is 2.03. The molecule has 90 valence electrons. The smallest absolute Gasteiger partial charge is 0.00104 e. The molecule has 16 heavy (non-hydrogen) atoms. The third kappa shape index (κ3) is 5.32. The lowest BCUT2D eigenvalue weighted by atomic mass is 9.95. The zero-order valence-corrected chi connectivity index (χ0v) is 10.9. The van der Waals surface area contributed by atoms with Gasteiger partial charge in [0.25, 0.3) is 0 Å². The molecule has 0 aliphatic rings. The lowest BCUT2D eigenvalue weighted by Crippen LogP contribution is -2.29. The van der Waals surface area contributed by atoms with Gasteiger partial charge in [-0.1, -0.05) is 57.5 Å². The Morgan fingerprint density at radius 1 is 1.12 bits per heavy atom. The maximum Gasteiger partial charge on any atom is 0.00104 e. The molecule has 0 aromatic heterocycles. The van der Waals surface area contributed by atoms with Gasteiger partial charge in [0.15, 0.2) is 0 Å². The zero-order chi connectivity index (χ0) is 11.8. The number of hydrogen-bond donors (Lipinski definition) is 1. The van der Waals surface area contributed by atoms with E-state index in [0.29, 0.717) is 6.04 Å². The summed E-state index contributed by atoms with van der Waals surface area (Å²) in [5.41, 5.74) is 1.46. The first-order valence-electron chi connectivity index (χ1n) is 6.49. The highest BCUT2D eigenvalue weighted by molar-refractivity contribution is 5.15. The summed E-state index contributed by atoms with van der Waals surface area (Å²) in [6.45, 7) is 7.84. The Morgan fingerprint density at radius 3 is 2.38 bits per heavy atom. The van der Waals surface area contributed by atoms with Crippen LogP contribution in [0, 0.1) is 5.92 Å². The van der Waals surface area contributed by atoms with Gasteiger partial charge in [-0.25, -0.2) is 0 Å². The standard InChI is InChI=1S/C15H25N/c1-4-8-15(12-16-13(2)3)11-14-9-6-5-7-10-14/h5-7,9-10,13,15-16H,4,8,11-12H2,1-3H3. The summed E-state index contributed by atoms with van der Waals surface area (Å²) in [6.07, 6.45) is 3.79. The van der Waals surface area contributed by atoms with E-state index in [1.807, 2.05) is 0 Å². The molecule has 1 heteroatoms. The van der Waals surface area contributed by atoms with E-state index in [1.165, 1.54) is 24.8 Å². The van der Waals surface area contributed by atoms with E-state index in [2.05, 4.69) is 56.4 Å². The van der Waals surface area contributed by atoms with Crippen molar-refractivity contribution >= 4 is 0 Å². The number of hydrogen-bond acceptors (Lipinski definition) is 1. The van der Waals surface area contributed by atoms with Crippen LogP contribution in [-0.2, 0) is 6.42 Å². The molecule has 0 radical (unpaired) electrons. The molecule has 1 atom stereocenters. The predicted octanol–water partition coefficient (Wildman–Crippen LogP) is 3.64. The molecule has 0 heterocycles. The third-order valence-electron chi connectivity index (χ3n) is 2.88. The first kappa shape index (κ1) is 13.2. The van der Waals surface area contributed by atoms with E-state index >= 15 is 0 Å². The van der Waals surface area contributed by atoms with Gasteiger partial charge in [-0.15, -0.1) is 0 Å². The molecular weight excluding hydrogens is 194 g/mol. The van der Waals surface area contributed by atoms with Gasteiger partial charge in [-0.05, 0) is 30.9 Å². The summed E-state index contributed by atoms with van der Waals surface area (Å²) in [7, 11) is 0. The Morgan fingerprint density at radius 2 is 1.81 bits per heavy atom. The van der Waals surface area contributed by atoms with Crippen molar-refractivity contribution in [2.24, 2.45) is 5.92 Å². The van der Waals surface area contributed by atoms with E-state index in [-0.39, 0.29) is 0 Å². The first-order valence-corrected chi connectivity index (χ1v) is 6.49. The van der Waals surface area contributed by atoms with Crippen molar-refractivity contribution in [1.82, 2.24) is 5.32 Å². The SMILES string of the molecule is CCCC(CNC(C)C)Cc1ccccc1. The highest BCUT2D eigenvalue weighted by Crippen LogP contribution is 2.13. The van der Waals surface area contributed by atoms with Crippen LogP contribution in [0.15, 0.2) is 30.3 Å². The summed E-state index contributed by atoms with van der Waals surface area (Å²) in [4.78, 5) is 0. The Bertz CT molecular complexity index is 266. The Kier molecular flexibility index (Phi) is 6.17. The van der Waals surface area contributed by atoms with Gasteiger partial charge in [-0.2, -0.15) is 0 Å². The lowest BCUT2D eigenvalue weighted by Gasteiger charge is -2.18. The Hall–Kier alpha value is -0.820. The van der Waals surface area contributed by atoms with Crippen LogP contribution in [-0.4, -0.2) is 12.6 Å². The normalized spacial score (nSPS) is 13.0. The quantitative estimate of drug-likeness (QED) is 0.738. The fraction of sp³-hybridized carbons (Fsp3) is 0.600. The van der Waals surface area contributed by atoms with Gasteiger partial charge in [0.05, 0.1) is 0 Å². The van der Waals surface area contributed by atoms with Crippen molar-refractivity contribution in [3.63, 3.8) is 0 Å². The van der Waals surface area contributed by atoms with E-state index in [9.17, 15) is 0 Å². The molecule has 0 amide bonds. The van der Waals surface area contributed by atoms with Crippen LogP contribution < -0.4 is 5.32 Å². The van der Waals surface area contributed by atoms with Gasteiger partial charge in [0, 0.05) is 6.04 Å². The monoisotopic (exact) mass is 219 g/mol. The fourth-order valence-electron chi connectivity index (χ4n) is 2.03. The second kappa shape index (κ2) is 7.45. The molecule has 0 aliphatic heterocycles. The third-order valence-corrected chi connectivity index (χ3v) is 2.88. The molecule has 1 aromatic rings. The first-order chi connectivity index (χ1) is 7.72. The molecule has 0 saturated heterocycles. The van der Waals surface area contributed by atoms with Crippen molar-refractivity contribution in [3.8, 4) is 0 Å². The van der Waals surface area contributed by atoms with Crippen LogP contribution in [0.1, 0.15) is 39.2 Å². The van der Waals surface area contributed by atoms with Crippen molar-refractivity contribution in [1.29, 1.82) is 0 Å². The van der Waals surface area contributed by atoms with Crippen LogP contribution in [0.5, 0.6) is 0 Å². The Balaban J connectivity index is 2.44. The Labute approximate surface area is 100 Å². The average molecular weight is 219 g/mol. The number of benzene rings is 1. The summed E-state index contributed by atoms with van der Waals surface area (Å²) in [5.74, 6) is 0.773. The van der Waals surface area contributed by atoms with Crippen LogP contribution >= 0.6 is 0 Å². The molecule has 1 nitrogen and oxygen atoms in total. The van der Waals surface area contributed by atoms with Gasteiger partial charge < -0.3 is 5.32 Å². The highest BCUT2D eigenvalue weighted by Gasteiger charge is 2.08. The summed E-state index contributed by atoms with van der Waals surface area (Å²) in [5, 5.41) is 3.55. The second-order valence-electron chi connectivity index (χ2n) is 4.91. The topological polar surface area (TPSA) is 12.0 Å². The maximum absolute atomic E-state index is 3.55. The zero-order valence-electron chi connectivity index (χ0n) is 10.9. The summed E-state index contributed by atoms with van der Waals surface area (Å²) >= 11 is 0. The van der Waals surface area contributed by atoms with Gasteiger partial charge >= 0.3 is 0 Å². The molecular formula is C15H25N. The lowest BCUT2D eigenvalue weighted by molar-refractivity contribution is 0.418. The molecule has 0 fully saturated rings. The molecule has 1 rings (SSSR count). The second-order valence-corrected chi connectivity index (χ2v) is 4.91. The summed E-state index contributed by atoms with van der Waals surface area (Å²) in [6, 6.07) is 11.4. The molecule has 0 spiro atoms. The van der Waals surface area contributed by atoms with Crippen molar-refractivity contribution in [2.75, 3.05) is 6.54 Å². The van der Waals surface area contributed by atoms with Crippen molar-refractivity contribution in [3.05, 3.63) is 35.9 Å². The molecule has 0 saturated carbocycles. The minimum Gasteiger partial charge on any atom is -0.314 e. The van der Waals surface area contributed by atoms with Crippen molar-refractivity contribution in [2.45, 2.75) is 46.1 Å². The minimum atomic E-state index is 0.593. The molecule has 0 bridgehead atoms. The van der Waals surface area contributed by atoms with Crippen LogP contribution in [0.3, 0.4) is 0 Å². The number of rotatable bonds is 7. The van der Waals surface area contributed by atoms with Crippen molar-refractivity contribution < 1.29 is 0 Å². The number of nitrogens with one attached hydrogen (secondary N) is 1. The molecule has 1 N–H and O–H groups in total. The van der Waals surface area contributed by atoms with Crippen LogP contribution in [0.4, 0.5) is 0 Å². The minimum absolute atomic E-state index is 0.593. The van der Waals surface area contributed by atoms with Gasteiger partial charge in [0.1, 0.15) is 0 Å². The maximum atomic E-state index is 3.55. The van der Waals surface area contributed by atoms with E-state index in [0.717, 1.165) is 12.5 Å². The average Bonchev–Trinajstić information content (AvgIpc) is 2.27. The van der Waals surface area contributed by atoms with E-state index in [1.54, 1.807) is 0 Å². The van der Waals surface area contributed by atoms with E-state index in [4.69, 9.17) is 0 Å². The molecule has 1 unspecified atom stereocenters. The molecule has 0 aliphatic carbocycles.